The van der Waals surface area contributed by atoms with E-state index in [0.29, 0.717) is 34.3 Å². The van der Waals surface area contributed by atoms with Crippen LogP contribution >= 0.6 is 11.6 Å². The Morgan fingerprint density at radius 3 is 2.54 bits per heavy atom. The topological polar surface area (TPSA) is 73.9 Å². The number of morpholine rings is 1. The molecule has 2 N–H and O–H groups in total. The monoisotopic (exact) mass is 498 g/mol. The number of hydrogen-bond acceptors (Lipinski definition) is 5. The van der Waals surface area contributed by atoms with Gasteiger partial charge < -0.3 is 20.3 Å². The molecule has 2 heterocycles. The van der Waals surface area contributed by atoms with Crippen molar-refractivity contribution in [2.45, 2.75) is 26.2 Å². The van der Waals surface area contributed by atoms with Gasteiger partial charge in [-0.2, -0.15) is 0 Å². The fourth-order valence-electron chi connectivity index (χ4n) is 4.58. The van der Waals surface area contributed by atoms with Gasteiger partial charge in [0.05, 0.1) is 18.8 Å². The van der Waals surface area contributed by atoms with E-state index in [2.05, 4.69) is 27.4 Å². The predicted molar refractivity (Wildman–Crippen MR) is 141 cm³/mol. The summed E-state index contributed by atoms with van der Waals surface area (Å²) in [6.07, 6.45) is 3.09. The van der Waals surface area contributed by atoms with Crippen LogP contribution in [0.3, 0.4) is 0 Å². The van der Waals surface area contributed by atoms with Crippen molar-refractivity contribution in [3.05, 3.63) is 58.6 Å². The first-order chi connectivity index (χ1) is 17.0. The number of benzene rings is 2. The minimum atomic E-state index is -0.260. The van der Waals surface area contributed by atoms with Crippen LogP contribution in [-0.4, -0.2) is 69.2 Å². The SMILES string of the molecule is CC1CCN(c2ccc(NC(=O)c3cccc(Cl)c3)cc2C(=O)NCCCN2CCOCC2)CC1. The van der Waals surface area contributed by atoms with Gasteiger partial charge in [0.1, 0.15) is 0 Å². The van der Waals surface area contributed by atoms with Gasteiger partial charge in [0.2, 0.25) is 0 Å². The highest BCUT2D eigenvalue weighted by molar-refractivity contribution is 6.31. The van der Waals surface area contributed by atoms with E-state index in [1.54, 1.807) is 30.3 Å². The van der Waals surface area contributed by atoms with E-state index in [1.165, 1.54) is 0 Å². The molecule has 0 atom stereocenters. The third-order valence-electron chi connectivity index (χ3n) is 6.75. The normalized spacial score (nSPS) is 17.3. The van der Waals surface area contributed by atoms with Crippen LogP contribution < -0.4 is 15.5 Å². The van der Waals surface area contributed by atoms with Crippen LogP contribution in [0.5, 0.6) is 0 Å². The lowest BCUT2D eigenvalue weighted by atomic mass is 9.97. The molecule has 0 saturated carbocycles. The summed E-state index contributed by atoms with van der Waals surface area (Å²) in [6, 6.07) is 12.4. The molecule has 35 heavy (non-hydrogen) atoms. The molecule has 2 aromatic carbocycles. The number of nitrogens with zero attached hydrogens (tertiary/aromatic N) is 2. The minimum Gasteiger partial charge on any atom is -0.379 e. The maximum absolute atomic E-state index is 13.3. The number of ether oxygens (including phenoxy) is 1. The Labute approximate surface area is 212 Å². The molecule has 0 spiro atoms. The summed E-state index contributed by atoms with van der Waals surface area (Å²) in [7, 11) is 0. The summed E-state index contributed by atoms with van der Waals surface area (Å²) >= 11 is 6.04. The van der Waals surface area contributed by atoms with Crippen molar-refractivity contribution in [2.75, 3.05) is 62.7 Å². The molecule has 0 aliphatic carbocycles. The second kappa shape index (κ2) is 12.4. The number of carbonyl (C=O) groups is 2. The van der Waals surface area contributed by atoms with Gasteiger partial charge in [-0.3, -0.25) is 14.5 Å². The van der Waals surface area contributed by atoms with Crippen molar-refractivity contribution in [1.29, 1.82) is 0 Å². The lowest BCUT2D eigenvalue weighted by Gasteiger charge is -2.33. The van der Waals surface area contributed by atoms with Gasteiger partial charge in [0.25, 0.3) is 11.8 Å². The Hall–Kier alpha value is -2.61. The Balaban J connectivity index is 1.45. The van der Waals surface area contributed by atoms with Crippen LogP contribution in [0.15, 0.2) is 42.5 Å². The number of carbonyl (C=O) groups excluding carboxylic acids is 2. The molecular weight excluding hydrogens is 464 g/mol. The molecule has 2 saturated heterocycles. The van der Waals surface area contributed by atoms with Crippen molar-refractivity contribution in [3.63, 3.8) is 0 Å². The quantitative estimate of drug-likeness (QED) is 0.531. The summed E-state index contributed by atoms with van der Waals surface area (Å²) < 4.78 is 5.40. The van der Waals surface area contributed by atoms with Crippen molar-refractivity contribution in [2.24, 2.45) is 5.92 Å². The highest BCUT2D eigenvalue weighted by Gasteiger charge is 2.22. The van der Waals surface area contributed by atoms with Crippen molar-refractivity contribution >= 4 is 34.8 Å². The van der Waals surface area contributed by atoms with Gasteiger partial charge in [-0.15, -0.1) is 0 Å². The van der Waals surface area contributed by atoms with Crippen LogP contribution in [0, 0.1) is 5.92 Å². The lowest BCUT2D eigenvalue weighted by molar-refractivity contribution is 0.0374. The van der Waals surface area contributed by atoms with Crippen LogP contribution in [0.2, 0.25) is 5.02 Å². The molecule has 2 aromatic rings. The summed E-state index contributed by atoms with van der Waals surface area (Å²) in [5.74, 6) is 0.323. The van der Waals surface area contributed by atoms with Crippen LogP contribution in [0.4, 0.5) is 11.4 Å². The molecular formula is C27H35ClN4O3. The van der Waals surface area contributed by atoms with Crippen molar-refractivity contribution in [1.82, 2.24) is 10.2 Å². The summed E-state index contributed by atoms with van der Waals surface area (Å²) in [6.45, 7) is 9.10. The number of rotatable bonds is 8. The molecule has 0 bridgehead atoms. The maximum atomic E-state index is 13.3. The maximum Gasteiger partial charge on any atom is 0.255 e. The van der Waals surface area contributed by atoms with E-state index >= 15 is 0 Å². The van der Waals surface area contributed by atoms with Gasteiger partial charge in [-0.25, -0.2) is 0 Å². The van der Waals surface area contributed by atoms with Gasteiger partial charge in [0, 0.05) is 54.7 Å². The molecule has 4 rings (SSSR count). The number of amides is 2. The van der Waals surface area contributed by atoms with Crippen LogP contribution in [0.25, 0.3) is 0 Å². The molecule has 2 fully saturated rings. The largest absolute Gasteiger partial charge is 0.379 e. The number of hydrogen-bond donors (Lipinski definition) is 2. The van der Waals surface area contributed by atoms with E-state index in [0.717, 1.165) is 70.9 Å². The summed E-state index contributed by atoms with van der Waals surface area (Å²) in [5.41, 5.74) is 2.57. The third kappa shape index (κ3) is 7.19. The fraction of sp³-hybridized carbons (Fsp3) is 0.481. The average Bonchev–Trinajstić information content (AvgIpc) is 2.87. The summed E-state index contributed by atoms with van der Waals surface area (Å²) in [4.78, 5) is 30.7. The average molecular weight is 499 g/mol. The lowest BCUT2D eigenvalue weighted by Crippen LogP contribution is -2.38. The number of halogens is 1. The molecule has 0 aromatic heterocycles. The Morgan fingerprint density at radius 1 is 1.03 bits per heavy atom. The number of nitrogens with one attached hydrogen (secondary N) is 2. The van der Waals surface area contributed by atoms with Gasteiger partial charge in [0.15, 0.2) is 0 Å². The minimum absolute atomic E-state index is 0.112. The highest BCUT2D eigenvalue weighted by atomic mass is 35.5. The van der Waals surface area contributed by atoms with Crippen molar-refractivity contribution < 1.29 is 14.3 Å². The first-order valence-corrected chi connectivity index (χ1v) is 12.9. The standard InChI is InChI=1S/C27H35ClN4O3/c1-20-8-12-32(13-9-20)25-7-6-23(30-26(33)21-4-2-5-22(28)18-21)19-24(25)27(34)29-10-3-11-31-14-16-35-17-15-31/h2,4-7,18-20H,3,8-17H2,1H3,(H,29,34)(H,30,33). The third-order valence-corrected chi connectivity index (χ3v) is 6.99. The summed E-state index contributed by atoms with van der Waals surface area (Å²) in [5, 5.41) is 6.51. The fourth-order valence-corrected chi connectivity index (χ4v) is 4.77. The van der Waals surface area contributed by atoms with Gasteiger partial charge in [-0.05, 0) is 68.1 Å². The van der Waals surface area contributed by atoms with E-state index in [9.17, 15) is 9.59 Å². The molecule has 0 unspecified atom stereocenters. The smallest absolute Gasteiger partial charge is 0.255 e. The van der Waals surface area contributed by atoms with E-state index in [-0.39, 0.29) is 11.8 Å². The molecule has 2 aliphatic heterocycles. The zero-order chi connectivity index (χ0) is 24.6. The van der Waals surface area contributed by atoms with Crippen LogP contribution in [-0.2, 0) is 4.74 Å². The van der Waals surface area contributed by atoms with Crippen molar-refractivity contribution in [3.8, 4) is 0 Å². The Kier molecular flexibility index (Phi) is 9.01. The first kappa shape index (κ1) is 25.5. The zero-order valence-corrected chi connectivity index (χ0v) is 21.2. The number of anilines is 2. The number of piperidine rings is 1. The second-order valence-corrected chi connectivity index (χ2v) is 9.87. The van der Waals surface area contributed by atoms with E-state index < -0.39 is 0 Å². The molecule has 7 nitrogen and oxygen atoms in total. The molecule has 8 heteroatoms. The van der Waals surface area contributed by atoms with E-state index in [1.807, 2.05) is 12.1 Å². The Bertz CT molecular complexity index is 1020. The van der Waals surface area contributed by atoms with Gasteiger partial charge >= 0.3 is 0 Å². The predicted octanol–water partition coefficient (Wildman–Crippen LogP) is 4.28. The molecule has 0 radical (unpaired) electrons. The second-order valence-electron chi connectivity index (χ2n) is 9.43. The molecule has 188 valence electrons. The van der Waals surface area contributed by atoms with E-state index in [4.69, 9.17) is 16.3 Å². The highest BCUT2D eigenvalue weighted by Crippen LogP contribution is 2.29. The zero-order valence-electron chi connectivity index (χ0n) is 20.4. The van der Waals surface area contributed by atoms with Crippen LogP contribution in [0.1, 0.15) is 46.9 Å². The first-order valence-electron chi connectivity index (χ1n) is 12.5. The van der Waals surface area contributed by atoms with Gasteiger partial charge in [-0.1, -0.05) is 24.6 Å². The molecule has 2 amide bonds. The Morgan fingerprint density at radius 2 is 1.80 bits per heavy atom. The molecule has 2 aliphatic rings.